The molecule has 46 heavy (non-hydrogen) atoms. The fraction of sp³-hybridized carbons (Fsp3) is 1.00. The highest BCUT2D eigenvalue weighted by molar-refractivity contribution is 5.05. The van der Waals surface area contributed by atoms with Crippen molar-refractivity contribution < 1.29 is 0 Å². The van der Waals surface area contributed by atoms with E-state index in [-0.39, 0.29) is 16.6 Å². The molecule has 0 aromatic carbocycles. The Morgan fingerprint density at radius 3 is 1.52 bits per heavy atom. The monoisotopic (exact) mass is 643 g/mol. The van der Waals surface area contributed by atoms with E-state index in [0.717, 1.165) is 29.6 Å². The maximum Gasteiger partial charge on any atom is 0.0183 e. The summed E-state index contributed by atoms with van der Waals surface area (Å²) in [6.07, 6.45) is 22.7. The van der Waals surface area contributed by atoms with Gasteiger partial charge in [-0.25, -0.2) is 0 Å². The Morgan fingerprint density at radius 2 is 0.978 bits per heavy atom. The lowest BCUT2D eigenvalue weighted by Gasteiger charge is -2.56. The van der Waals surface area contributed by atoms with Gasteiger partial charge in [0.2, 0.25) is 0 Å². The molecule has 0 amide bonds. The second kappa shape index (κ2) is 15.4. The molecule has 0 radical (unpaired) electrons. The fourth-order valence-corrected chi connectivity index (χ4v) is 11.6. The Labute approximate surface area is 291 Å². The summed E-state index contributed by atoms with van der Waals surface area (Å²) in [5.41, 5.74) is 1.98. The minimum absolute atomic E-state index is 0.225. The fourth-order valence-electron chi connectivity index (χ4n) is 11.6. The van der Waals surface area contributed by atoms with Crippen molar-refractivity contribution >= 4 is 0 Å². The predicted octanol–water partition coefficient (Wildman–Crippen LogP) is 13.0. The molecule has 0 spiro atoms. The molecule has 2 N–H and O–H groups in total. The molecule has 2 heteroatoms. The highest BCUT2D eigenvalue weighted by atomic mass is 15.1. The van der Waals surface area contributed by atoms with Crippen LogP contribution in [0, 0.1) is 52.3 Å². The third-order valence-corrected chi connectivity index (χ3v) is 14.4. The maximum absolute atomic E-state index is 4.14. The zero-order chi connectivity index (χ0) is 34.8. The summed E-state index contributed by atoms with van der Waals surface area (Å²) in [5, 5.41) is 8.14. The van der Waals surface area contributed by atoms with Gasteiger partial charge < -0.3 is 10.6 Å². The first-order valence-corrected chi connectivity index (χ1v) is 20.6. The maximum atomic E-state index is 4.14. The third-order valence-electron chi connectivity index (χ3n) is 14.4. The Morgan fingerprint density at radius 1 is 0.500 bits per heavy atom. The first-order valence-electron chi connectivity index (χ1n) is 20.6. The molecule has 0 bridgehead atoms. The molecule has 3 fully saturated rings. The largest absolute Gasteiger partial charge is 0.306 e. The molecule has 0 aromatic heterocycles. The molecule has 2 nitrogen and oxygen atoms in total. The van der Waals surface area contributed by atoms with Crippen LogP contribution in [0.15, 0.2) is 0 Å². The van der Waals surface area contributed by atoms with E-state index in [0.29, 0.717) is 28.2 Å². The Hall–Kier alpha value is -0.0800. The van der Waals surface area contributed by atoms with Gasteiger partial charge in [-0.15, -0.1) is 0 Å². The van der Waals surface area contributed by atoms with Gasteiger partial charge >= 0.3 is 0 Å². The summed E-state index contributed by atoms with van der Waals surface area (Å²) in [4.78, 5) is 0. The van der Waals surface area contributed by atoms with Crippen LogP contribution in [0.25, 0.3) is 0 Å². The normalized spacial score (nSPS) is 36.8. The van der Waals surface area contributed by atoms with E-state index < -0.39 is 0 Å². The summed E-state index contributed by atoms with van der Waals surface area (Å²) >= 11 is 0. The lowest BCUT2D eigenvalue weighted by molar-refractivity contribution is -0.0362. The second-order valence-corrected chi connectivity index (χ2v) is 21.6. The van der Waals surface area contributed by atoms with Crippen molar-refractivity contribution in [1.29, 1.82) is 0 Å². The molecule has 0 aromatic rings. The number of unbranched alkanes of at least 4 members (excludes halogenated alkanes) is 6. The lowest BCUT2D eigenvalue weighted by atomic mass is 9.52. The van der Waals surface area contributed by atoms with E-state index in [4.69, 9.17) is 0 Å². The van der Waals surface area contributed by atoms with Gasteiger partial charge in [0, 0.05) is 22.2 Å². The van der Waals surface area contributed by atoms with Crippen LogP contribution < -0.4 is 10.6 Å². The van der Waals surface area contributed by atoms with Crippen molar-refractivity contribution in [3.63, 3.8) is 0 Å². The van der Waals surface area contributed by atoms with Gasteiger partial charge in [0.25, 0.3) is 0 Å². The van der Waals surface area contributed by atoms with E-state index in [1.807, 2.05) is 0 Å². The van der Waals surface area contributed by atoms with Crippen molar-refractivity contribution in [3.05, 3.63) is 0 Å². The lowest BCUT2D eigenvalue weighted by Crippen LogP contribution is -2.62. The average Bonchev–Trinajstić information content (AvgIpc) is 2.86. The van der Waals surface area contributed by atoms with E-state index in [9.17, 15) is 0 Å². The van der Waals surface area contributed by atoms with Crippen molar-refractivity contribution in [2.45, 2.75) is 229 Å². The molecule has 3 rings (SSSR count). The van der Waals surface area contributed by atoms with Gasteiger partial charge in [-0.3, -0.25) is 0 Å². The summed E-state index contributed by atoms with van der Waals surface area (Å²) in [6, 6.07) is 0. The van der Waals surface area contributed by atoms with Crippen LogP contribution >= 0.6 is 0 Å². The summed E-state index contributed by atoms with van der Waals surface area (Å²) in [7, 11) is 0. The van der Waals surface area contributed by atoms with Crippen LogP contribution in [0.5, 0.6) is 0 Å². The van der Waals surface area contributed by atoms with E-state index >= 15 is 0 Å². The SMILES string of the molecule is CC(C)C1(C)CC(C(CCCCCCCCCC2CC(C)(C)NC(C)(C(C)C)C2)C2CC(C)(C)NC(C)(C(C)C)C2)CC(C)(C)C1. The molecule has 2 saturated heterocycles. The highest BCUT2D eigenvalue weighted by Gasteiger charge is 2.50. The molecule has 7 atom stereocenters. The topological polar surface area (TPSA) is 24.1 Å². The zero-order valence-corrected chi connectivity index (χ0v) is 34.4. The average molecular weight is 643 g/mol. The van der Waals surface area contributed by atoms with Crippen LogP contribution in [-0.2, 0) is 0 Å². The minimum Gasteiger partial charge on any atom is -0.306 e. The van der Waals surface area contributed by atoms with Gasteiger partial charge in [0.05, 0.1) is 0 Å². The van der Waals surface area contributed by atoms with Gasteiger partial charge in [0.1, 0.15) is 0 Å². The molecular weight excluding hydrogens is 556 g/mol. The van der Waals surface area contributed by atoms with Crippen molar-refractivity contribution in [1.82, 2.24) is 10.6 Å². The number of hydrogen-bond donors (Lipinski definition) is 2. The van der Waals surface area contributed by atoms with Gasteiger partial charge in [-0.2, -0.15) is 0 Å². The molecule has 2 heterocycles. The first-order chi connectivity index (χ1) is 21.0. The summed E-state index contributed by atoms with van der Waals surface area (Å²) in [6.45, 7) is 37.4. The zero-order valence-electron chi connectivity index (χ0n) is 34.4. The third kappa shape index (κ3) is 11.0. The second-order valence-electron chi connectivity index (χ2n) is 21.6. The molecule has 1 saturated carbocycles. The molecule has 7 unspecified atom stereocenters. The van der Waals surface area contributed by atoms with Gasteiger partial charge in [-0.05, 0) is 145 Å². The smallest absolute Gasteiger partial charge is 0.0183 e. The minimum atomic E-state index is 0.225. The Kier molecular flexibility index (Phi) is 13.5. The Balaban J connectivity index is 1.55. The summed E-state index contributed by atoms with van der Waals surface area (Å²) < 4.78 is 0. The molecule has 1 aliphatic carbocycles. The van der Waals surface area contributed by atoms with Crippen molar-refractivity contribution in [2.75, 3.05) is 0 Å². The van der Waals surface area contributed by atoms with E-state index in [1.165, 1.54) is 103 Å². The van der Waals surface area contributed by atoms with Crippen LogP contribution in [0.3, 0.4) is 0 Å². The number of piperidine rings is 2. The molecular formula is C44H86N2. The number of hydrogen-bond acceptors (Lipinski definition) is 2. The predicted molar refractivity (Wildman–Crippen MR) is 205 cm³/mol. The number of rotatable bonds is 15. The van der Waals surface area contributed by atoms with E-state index in [1.54, 1.807) is 0 Å². The standard InChI is InChI=1S/C44H86N2/c1-32(2)42(13)29-36(27-39(7,8)31-42)38(37-28-41(11,12)46-44(15,30-37)34(5)6)24-22-20-18-16-17-19-21-23-35-25-40(9,10)45-43(14,26-35)33(3)4/h32-38,45-46H,16-31H2,1-15H3. The van der Waals surface area contributed by atoms with Crippen molar-refractivity contribution in [2.24, 2.45) is 52.3 Å². The molecule has 3 aliphatic rings. The highest BCUT2D eigenvalue weighted by Crippen LogP contribution is 2.57. The van der Waals surface area contributed by atoms with Crippen LogP contribution in [0.2, 0.25) is 0 Å². The summed E-state index contributed by atoms with van der Waals surface area (Å²) in [5.74, 6) is 5.62. The molecule has 272 valence electrons. The van der Waals surface area contributed by atoms with Crippen LogP contribution in [-0.4, -0.2) is 22.2 Å². The first kappa shape index (κ1) is 40.4. The Bertz CT molecular complexity index is 884. The number of nitrogens with one attached hydrogen (secondary N) is 2. The molecule has 2 aliphatic heterocycles. The van der Waals surface area contributed by atoms with Crippen molar-refractivity contribution in [3.8, 4) is 0 Å². The van der Waals surface area contributed by atoms with Gasteiger partial charge in [0.15, 0.2) is 0 Å². The quantitative estimate of drug-likeness (QED) is 0.174. The van der Waals surface area contributed by atoms with E-state index in [2.05, 4.69) is 114 Å². The van der Waals surface area contributed by atoms with Gasteiger partial charge in [-0.1, -0.05) is 114 Å². The van der Waals surface area contributed by atoms with Crippen LogP contribution in [0.4, 0.5) is 0 Å². The van der Waals surface area contributed by atoms with Crippen LogP contribution in [0.1, 0.15) is 207 Å².